The number of nitrogens with one attached hydrogen (secondary N) is 1. The van der Waals surface area contributed by atoms with Crippen LogP contribution in [-0.4, -0.2) is 36.5 Å². The first-order valence-electron chi connectivity index (χ1n) is 9.64. The van der Waals surface area contributed by atoms with E-state index in [0.717, 1.165) is 38.0 Å². The molecule has 0 saturated carbocycles. The smallest absolute Gasteiger partial charge is 0.317 e. The maximum atomic E-state index is 12.7. The Morgan fingerprint density at radius 1 is 1.19 bits per heavy atom. The van der Waals surface area contributed by atoms with E-state index < -0.39 is 0 Å². The third kappa shape index (κ3) is 3.58. The quantitative estimate of drug-likeness (QED) is 0.878. The molecule has 0 aliphatic carbocycles. The third-order valence-electron chi connectivity index (χ3n) is 5.56. The minimum absolute atomic E-state index is 0.0776. The van der Waals surface area contributed by atoms with Crippen LogP contribution in [0.25, 0.3) is 0 Å². The first-order valence-corrected chi connectivity index (χ1v) is 10.5. The average molecular weight is 384 g/mol. The summed E-state index contributed by atoms with van der Waals surface area (Å²) in [6, 6.07) is 10.2. The third-order valence-corrected chi connectivity index (χ3v) is 6.56. The van der Waals surface area contributed by atoms with Crippen LogP contribution in [0, 0.1) is 0 Å². The molecule has 4 rings (SSSR count). The molecular formula is C21H25N3O2S. The number of rotatable bonds is 3. The summed E-state index contributed by atoms with van der Waals surface area (Å²) < 4.78 is 0. The summed E-state index contributed by atoms with van der Waals surface area (Å²) in [5.74, 6) is 0.0780. The van der Waals surface area contributed by atoms with Gasteiger partial charge in [0.05, 0.1) is 6.04 Å². The molecular weight excluding hydrogens is 358 g/mol. The van der Waals surface area contributed by atoms with Crippen molar-refractivity contribution in [1.29, 1.82) is 0 Å². The Labute approximate surface area is 164 Å². The molecule has 1 atom stereocenters. The molecule has 5 nitrogen and oxygen atoms in total. The Morgan fingerprint density at radius 2 is 2.04 bits per heavy atom. The summed E-state index contributed by atoms with van der Waals surface area (Å²) in [6.07, 6.45) is 3.25. The van der Waals surface area contributed by atoms with E-state index in [9.17, 15) is 9.59 Å². The summed E-state index contributed by atoms with van der Waals surface area (Å²) in [4.78, 5) is 30.4. The lowest BCUT2D eigenvalue weighted by Crippen LogP contribution is -2.45. The molecule has 0 radical (unpaired) electrons. The molecule has 0 bridgehead atoms. The van der Waals surface area contributed by atoms with Gasteiger partial charge in [0.25, 0.3) is 0 Å². The zero-order valence-electron chi connectivity index (χ0n) is 15.6. The number of fused-ring (bicyclic) bond motifs is 2. The number of nitrogens with zero attached hydrogens (tertiary/aromatic N) is 2. The first-order chi connectivity index (χ1) is 13.1. The molecule has 6 heteroatoms. The standard InChI is InChI=1S/C21H25N3O2S/c1-15-17-10-14-27-19(17)9-13-23(15)21(26)22-11-8-20(25)24-12-4-6-16-5-2-3-7-18(16)24/h2-3,5,7,10,14-15H,4,6,8-9,11-13H2,1H3,(H,22,26)/t15-/m0/s1. The molecule has 142 valence electrons. The number of carbonyl (C=O) groups excluding carboxylic acids is 2. The molecule has 0 unspecified atom stereocenters. The molecule has 0 spiro atoms. The second-order valence-electron chi connectivity index (χ2n) is 7.18. The van der Waals surface area contributed by atoms with Gasteiger partial charge in [0.2, 0.25) is 5.91 Å². The molecule has 2 aromatic rings. The lowest BCUT2D eigenvalue weighted by molar-refractivity contribution is -0.118. The number of hydrogen-bond acceptors (Lipinski definition) is 3. The zero-order valence-corrected chi connectivity index (χ0v) is 16.4. The highest BCUT2D eigenvalue weighted by Crippen LogP contribution is 2.32. The van der Waals surface area contributed by atoms with E-state index in [4.69, 9.17) is 0 Å². The van der Waals surface area contributed by atoms with Crippen LogP contribution in [0.2, 0.25) is 0 Å². The van der Waals surface area contributed by atoms with Gasteiger partial charge in [-0.1, -0.05) is 18.2 Å². The van der Waals surface area contributed by atoms with Crippen LogP contribution in [0.5, 0.6) is 0 Å². The fourth-order valence-corrected chi connectivity index (χ4v) is 5.06. The molecule has 1 aromatic heterocycles. The zero-order chi connectivity index (χ0) is 18.8. The molecule has 3 heterocycles. The predicted molar refractivity (Wildman–Crippen MR) is 108 cm³/mol. The van der Waals surface area contributed by atoms with E-state index in [2.05, 4.69) is 29.8 Å². The number of carbonyl (C=O) groups is 2. The second-order valence-corrected chi connectivity index (χ2v) is 8.18. The van der Waals surface area contributed by atoms with Gasteiger partial charge in [0.15, 0.2) is 0 Å². The van der Waals surface area contributed by atoms with E-state index in [-0.39, 0.29) is 18.0 Å². The monoisotopic (exact) mass is 383 g/mol. The van der Waals surface area contributed by atoms with E-state index >= 15 is 0 Å². The molecule has 1 aromatic carbocycles. The van der Waals surface area contributed by atoms with Gasteiger partial charge in [-0.3, -0.25) is 4.79 Å². The Balaban J connectivity index is 1.31. The van der Waals surface area contributed by atoms with Crippen LogP contribution in [0.4, 0.5) is 10.5 Å². The van der Waals surface area contributed by atoms with Crippen molar-refractivity contribution in [2.24, 2.45) is 0 Å². The minimum Gasteiger partial charge on any atom is -0.337 e. The van der Waals surface area contributed by atoms with Gasteiger partial charge >= 0.3 is 6.03 Å². The van der Waals surface area contributed by atoms with E-state index in [1.807, 2.05) is 28.0 Å². The average Bonchev–Trinajstić information content (AvgIpc) is 3.17. The van der Waals surface area contributed by atoms with Crippen LogP contribution >= 0.6 is 11.3 Å². The number of amides is 3. The molecule has 2 aliphatic rings. The van der Waals surface area contributed by atoms with Gasteiger partial charge < -0.3 is 15.1 Å². The summed E-state index contributed by atoms with van der Waals surface area (Å²) in [5, 5.41) is 5.04. The maximum absolute atomic E-state index is 12.7. The fourth-order valence-electron chi connectivity index (χ4n) is 4.09. The van der Waals surface area contributed by atoms with Crippen LogP contribution in [0.1, 0.15) is 41.8 Å². The lowest BCUT2D eigenvalue weighted by Gasteiger charge is -2.33. The van der Waals surface area contributed by atoms with Crippen LogP contribution in [0.15, 0.2) is 35.7 Å². The highest BCUT2D eigenvalue weighted by molar-refractivity contribution is 7.10. The number of thiophene rings is 1. The minimum atomic E-state index is -0.0776. The predicted octanol–water partition coefficient (Wildman–Crippen LogP) is 3.75. The number of anilines is 1. The Kier molecular flexibility index (Phi) is 5.16. The number of aryl methyl sites for hydroxylation is 1. The molecule has 0 saturated heterocycles. The van der Waals surface area contributed by atoms with E-state index in [0.29, 0.717) is 13.0 Å². The van der Waals surface area contributed by atoms with Gasteiger partial charge in [0, 0.05) is 36.6 Å². The van der Waals surface area contributed by atoms with Gasteiger partial charge in [-0.2, -0.15) is 0 Å². The topological polar surface area (TPSA) is 52.7 Å². The van der Waals surface area contributed by atoms with Crippen molar-refractivity contribution in [1.82, 2.24) is 10.2 Å². The highest BCUT2D eigenvalue weighted by atomic mass is 32.1. The summed E-state index contributed by atoms with van der Waals surface area (Å²) >= 11 is 1.77. The summed E-state index contributed by atoms with van der Waals surface area (Å²) in [6.45, 7) is 3.93. The second kappa shape index (κ2) is 7.72. The van der Waals surface area contributed by atoms with Gasteiger partial charge in [-0.05, 0) is 54.8 Å². The molecule has 0 fully saturated rings. The Hall–Kier alpha value is -2.34. The largest absolute Gasteiger partial charge is 0.337 e. The van der Waals surface area contributed by atoms with Crippen molar-refractivity contribution >= 4 is 29.0 Å². The number of urea groups is 1. The van der Waals surface area contributed by atoms with Crippen molar-refractivity contribution < 1.29 is 9.59 Å². The van der Waals surface area contributed by atoms with Crippen molar-refractivity contribution in [2.45, 2.75) is 38.6 Å². The fraction of sp³-hybridized carbons (Fsp3) is 0.429. The van der Waals surface area contributed by atoms with Crippen LogP contribution < -0.4 is 10.2 Å². The van der Waals surface area contributed by atoms with Crippen LogP contribution in [0.3, 0.4) is 0 Å². The molecule has 27 heavy (non-hydrogen) atoms. The van der Waals surface area contributed by atoms with Crippen LogP contribution in [-0.2, 0) is 17.6 Å². The normalized spacial score (nSPS) is 18.6. The first kappa shape index (κ1) is 18.0. The summed E-state index contributed by atoms with van der Waals surface area (Å²) in [5.41, 5.74) is 3.51. The highest BCUT2D eigenvalue weighted by Gasteiger charge is 2.28. The van der Waals surface area contributed by atoms with Gasteiger partial charge in [-0.15, -0.1) is 11.3 Å². The van der Waals surface area contributed by atoms with E-state index in [1.54, 1.807) is 11.3 Å². The molecule has 3 amide bonds. The maximum Gasteiger partial charge on any atom is 0.317 e. The SMILES string of the molecule is C[C@H]1c2ccsc2CCN1C(=O)NCCC(=O)N1CCCc2ccccc21. The Bertz CT molecular complexity index is 847. The molecule has 1 N–H and O–H groups in total. The lowest BCUT2D eigenvalue weighted by atomic mass is 10.0. The number of benzene rings is 1. The molecule has 2 aliphatic heterocycles. The van der Waals surface area contributed by atoms with Crippen molar-refractivity contribution in [3.05, 3.63) is 51.7 Å². The van der Waals surface area contributed by atoms with Gasteiger partial charge in [0.1, 0.15) is 0 Å². The number of para-hydroxylation sites is 1. The summed E-state index contributed by atoms with van der Waals surface area (Å²) in [7, 11) is 0. The van der Waals surface area contributed by atoms with Crippen molar-refractivity contribution in [3.8, 4) is 0 Å². The number of hydrogen-bond donors (Lipinski definition) is 1. The van der Waals surface area contributed by atoms with Crippen molar-refractivity contribution in [3.63, 3.8) is 0 Å². The Morgan fingerprint density at radius 3 is 2.93 bits per heavy atom. The van der Waals surface area contributed by atoms with Crippen molar-refractivity contribution in [2.75, 3.05) is 24.5 Å². The van der Waals surface area contributed by atoms with E-state index in [1.165, 1.54) is 16.0 Å². The van der Waals surface area contributed by atoms with Gasteiger partial charge in [-0.25, -0.2) is 4.79 Å².